The van der Waals surface area contributed by atoms with Crippen LogP contribution in [0.5, 0.6) is 0 Å². The van der Waals surface area contributed by atoms with Crippen LogP contribution in [0.25, 0.3) is 0 Å². The molecule has 0 aliphatic heterocycles. The van der Waals surface area contributed by atoms with Crippen LogP contribution >= 0.6 is 0 Å². The molecule has 2 aliphatic carbocycles. The standard InChI is InChI=1S/C12H22N2O/c1-8-7-12(14(4)5)10(11(12,2)3)6-9(8)13-15/h8,10,15H,6-7H2,1-5H3. The van der Waals surface area contributed by atoms with Crippen molar-refractivity contribution < 1.29 is 5.21 Å². The third-order valence-electron chi connectivity index (χ3n) is 5.01. The van der Waals surface area contributed by atoms with Gasteiger partial charge < -0.3 is 10.1 Å². The van der Waals surface area contributed by atoms with Gasteiger partial charge in [0.25, 0.3) is 0 Å². The molecule has 0 bridgehead atoms. The fourth-order valence-electron chi connectivity index (χ4n) is 3.98. The van der Waals surface area contributed by atoms with Gasteiger partial charge in [-0.2, -0.15) is 0 Å². The molecule has 0 aromatic heterocycles. The second-order valence-electron chi connectivity index (χ2n) is 5.99. The summed E-state index contributed by atoms with van der Waals surface area (Å²) in [6.07, 6.45) is 2.08. The number of hydrogen-bond donors (Lipinski definition) is 1. The third kappa shape index (κ3) is 1.13. The molecular formula is C12H22N2O. The van der Waals surface area contributed by atoms with Gasteiger partial charge in [-0.3, -0.25) is 0 Å². The van der Waals surface area contributed by atoms with Crippen LogP contribution in [-0.2, 0) is 0 Å². The number of rotatable bonds is 1. The van der Waals surface area contributed by atoms with Crippen LogP contribution in [0.2, 0.25) is 0 Å². The summed E-state index contributed by atoms with van der Waals surface area (Å²) >= 11 is 0. The molecule has 3 nitrogen and oxygen atoms in total. The third-order valence-corrected chi connectivity index (χ3v) is 5.01. The van der Waals surface area contributed by atoms with Crippen molar-refractivity contribution in [2.45, 2.75) is 39.2 Å². The van der Waals surface area contributed by atoms with E-state index in [4.69, 9.17) is 5.21 Å². The summed E-state index contributed by atoms with van der Waals surface area (Å²) in [4.78, 5) is 2.38. The van der Waals surface area contributed by atoms with E-state index in [1.807, 2.05) is 0 Å². The summed E-state index contributed by atoms with van der Waals surface area (Å²) in [5.41, 5.74) is 1.68. The van der Waals surface area contributed by atoms with E-state index in [9.17, 15) is 0 Å². The number of hydrogen-bond acceptors (Lipinski definition) is 3. The molecule has 2 saturated carbocycles. The van der Waals surface area contributed by atoms with Gasteiger partial charge in [-0.15, -0.1) is 0 Å². The Labute approximate surface area is 92.1 Å². The first-order chi connectivity index (χ1) is 6.88. The summed E-state index contributed by atoms with van der Waals surface area (Å²) in [5.74, 6) is 1.07. The second kappa shape index (κ2) is 2.97. The highest BCUT2D eigenvalue weighted by Crippen LogP contribution is 2.70. The van der Waals surface area contributed by atoms with Gasteiger partial charge in [-0.25, -0.2) is 0 Å². The average Bonchev–Trinajstić information content (AvgIpc) is 2.63. The highest BCUT2D eigenvalue weighted by Gasteiger charge is 2.73. The van der Waals surface area contributed by atoms with Crippen molar-refractivity contribution in [3.05, 3.63) is 0 Å². The molecule has 0 saturated heterocycles. The van der Waals surface area contributed by atoms with Crippen LogP contribution in [0.15, 0.2) is 5.16 Å². The van der Waals surface area contributed by atoms with Gasteiger partial charge in [0.1, 0.15) is 0 Å². The van der Waals surface area contributed by atoms with Gasteiger partial charge in [0.2, 0.25) is 0 Å². The van der Waals surface area contributed by atoms with E-state index in [-0.39, 0.29) is 0 Å². The Balaban J connectivity index is 2.30. The van der Waals surface area contributed by atoms with Crippen molar-refractivity contribution in [3.8, 4) is 0 Å². The predicted molar refractivity (Wildman–Crippen MR) is 61.3 cm³/mol. The van der Waals surface area contributed by atoms with Crippen LogP contribution in [0, 0.1) is 17.3 Å². The molecule has 3 unspecified atom stereocenters. The van der Waals surface area contributed by atoms with Crippen LogP contribution < -0.4 is 0 Å². The van der Waals surface area contributed by atoms with E-state index in [0.29, 0.717) is 22.8 Å². The van der Waals surface area contributed by atoms with Crippen molar-refractivity contribution in [2.24, 2.45) is 22.4 Å². The van der Waals surface area contributed by atoms with E-state index in [0.717, 1.165) is 18.6 Å². The molecule has 3 atom stereocenters. The predicted octanol–water partition coefficient (Wildman–Crippen LogP) is 2.20. The molecule has 3 heteroatoms. The molecule has 0 spiro atoms. The molecule has 1 N–H and O–H groups in total. The lowest BCUT2D eigenvalue weighted by Crippen LogP contribution is -2.41. The van der Waals surface area contributed by atoms with Gasteiger partial charge in [0, 0.05) is 5.54 Å². The fraction of sp³-hybridized carbons (Fsp3) is 0.917. The minimum atomic E-state index is 0.334. The smallest absolute Gasteiger partial charge is 0.0603 e. The van der Waals surface area contributed by atoms with Crippen LogP contribution in [0.3, 0.4) is 0 Å². The van der Waals surface area contributed by atoms with E-state index in [1.165, 1.54) is 0 Å². The number of fused-ring (bicyclic) bond motifs is 1. The monoisotopic (exact) mass is 210 g/mol. The molecule has 2 rings (SSSR count). The molecule has 2 fully saturated rings. The quantitative estimate of drug-likeness (QED) is 0.532. The first-order valence-corrected chi connectivity index (χ1v) is 5.76. The highest BCUT2D eigenvalue weighted by molar-refractivity contribution is 5.88. The maximum Gasteiger partial charge on any atom is 0.0603 e. The van der Waals surface area contributed by atoms with Gasteiger partial charge in [0.15, 0.2) is 0 Å². The molecule has 2 aliphatic rings. The zero-order valence-electron chi connectivity index (χ0n) is 10.4. The fourth-order valence-corrected chi connectivity index (χ4v) is 3.98. The van der Waals surface area contributed by atoms with Crippen molar-refractivity contribution in [1.82, 2.24) is 4.90 Å². The van der Waals surface area contributed by atoms with E-state index in [1.54, 1.807) is 0 Å². The largest absolute Gasteiger partial charge is 0.411 e. The number of nitrogens with zero attached hydrogens (tertiary/aromatic N) is 2. The summed E-state index contributed by atoms with van der Waals surface area (Å²) in [5, 5.41) is 12.4. The van der Waals surface area contributed by atoms with Gasteiger partial charge >= 0.3 is 0 Å². The van der Waals surface area contributed by atoms with E-state index < -0.39 is 0 Å². The van der Waals surface area contributed by atoms with E-state index in [2.05, 4.69) is 44.9 Å². The summed E-state index contributed by atoms with van der Waals surface area (Å²) in [7, 11) is 4.35. The Morgan fingerprint density at radius 2 is 2.00 bits per heavy atom. The van der Waals surface area contributed by atoms with Crippen LogP contribution in [0.4, 0.5) is 0 Å². The van der Waals surface area contributed by atoms with Gasteiger partial charge in [-0.05, 0) is 44.2 Å². The Hall–Kier alpha value is -0.570. The van der Waals surface area contributed by atoms with E-state index >= 15 is 0 Å². The Morgan fingerprint density at radius 1 is 1.40 bits per heavy atom. The summed E-state index contributed by atoms with van der Waals surface area (Å²) in [6, 6.07) is 0. The molecule has 0 aromatic rings. The van der Waals surface area contributed by atoms with Crippen LogP contribution in [-0.4, -0.2) is 35.5 Å². The molecule has 86 valence electrons. The minimum Gasteiger partial charge on any atom is -0.411 e. The molecule has 0 aromatic carbocycles. The molecule has 0 radical (unpaired) electrons. The lowest BCUT2D eigenvalue weighted by molar-refractivity contribution is 0.181. The average molecular weight is 210 g/mol. The molecular weight excluding hydrogens is 188 g/mol. The van der Waals surface area contributed by atoms with Gasteiger partial charge in [-0.1, -0.05) is 25.9 Å². The maximum absolute atomic E-state index is 8.96. The first-order valence-electron chi connectivity index (χ1n) is 5.76. The Kier molecular flexibility index (Phi) is 2.16. The second-order valence-corrected chi connectivity index (χ2v) is 5.99. The summed E-state index contributed by atoms with van der Waals surface area (Å²) in [6.45, 7) is 6.85. The Bertz CT molecular complexity index is 309. The lowest BCUT2D eigenvalue weighted by Gasteiger charge is -2.34. The Morgan fingerprint density at radius 3 is 2.47 bits per heavy atom. The van der Waals surface area contributed by atoms with Gasteiger partial charge in [0.05, 0.1) is 5.71 Å². The zero-order chi connectivity index (χ0) is 11.4. The van der Waals surface area contributed by atoms with Crippen molar-refractivity contribution >= 4 is 5.71 Å². The summed E-state index contributed by atoms with van der Waals surface area (Å²) < 4.78 is 0. The minimum absolute atomic E-state index is 0.334. The van der Waals surface area contributed by atoms with Crippen LogP contribution in [0.1, 0.15) is 33.6 Å². The van der Waals surface area contributed by atoms with Crippen molar-refractivity contribution in [2.75, 3.05) is 14.1 Å². The molecule has 15 heavy (non-hydrogen) atoms. The number of oxime groups is 1. The molecule has 0 heterocycles. The normalized spacial score (nSPS) is 45.6. The highest BCUT2D eigenvalue weighted by atomic mass is 16.4. The van der Waals surface area contributed by atoms with Crippen molar-refractivity contribution in [1.29, 1.82) is 0 Å². The van der Waals surface area contributed by atoms with Crippen molar-refractivity contribution in [3.63, 3.8) is 0 Å². The topological polar surface area (TPSA) is 35.8 Å². The SMILES string of the molecule is CC1CC2(N(C)C)C(CC1=NO)C2(C)C. The maximum atomic E-state index is 8.96. The lowest BCUT2D eigenvalue weighted by atomic mass is 9.84. The molecule has 0 amide bonds. The first kappa shape index (κ1) is 10.9. The zero-order valence-corrected chi connectivity index (χ0v) is 10.4.